The Labute approximate surface area is 98.6 Å². The zero-order valence-corrected chi connectivity index (χ0v) is 10.8. The van der Waals surface area contributed by atoms with E-state index in [-0.39, 0.29) is 12.1 Å². The second-order valence-corrected chi connectivity index (χ2v) is 6.04. The fourth-order valence-corrected chi connectivity index (χ4v) is 3.33. The van der Waals surface area contributed by atoms with Gasteiger partial charge in [0.2, 0.25) is 0 Å². The molecular formula is C13H25NO2. The van der Waals surface area contributed by atoms with Crippen LogP contribution in [0, 0.1) is 17.8 Å². The third kappa shape index (κ3) is 2.13. The molecule has 2 heterocycles. The molecule has 0 saturated carbocycles. The van der Waals surface area contributed by atoms with Gasteiger partial charge in [-0.1, -0.05) is 27.7 Å². The van der Waals surface area contributed by atoms with Gasteiger partial charge in [0, 0.05) is 18.0 Å². The molecule has 3 nitrogen and oxygen atoms in total. The standard InChI is InChI=1S/C13H25NO2/c1-7(2)12-11-5-9(10(15)6-16-11)14-13(12)8(3)4/h7-15H,5-6H2,1-4H3/t9-,10-,11+,12?,13?/m1/s1. The third-order valence-corrected chi connectivity index (χ3v) is 4.17. The summed E-state index contributed by atoms with van der Waals surface area (Å²) in [5, 5.41) is 13.5. The Morgan fingerprint density at radius 3 is 2.44 bits per heavy atom. The molecule has 2 aliphatic rings. The van der Waals surface area contributed by atoms with E-state index in [4.69, 9.17) is 4.74 Å². The van der Waals surface area contributed by atoms with Crippen LogP contribution < -0.4 is 5.32 Å². The Kier molecular flexibility index (Phi) is 3.57. The van der Waals surface area contributed by atoms with E-state index >= 15 is 0 Å². The van der Waals surface area contributed by atoms with E-state index in [1.165, 1.54) is 0 Å². The average molecular weight is 227 g/mol. The Balaban J connectivity index is 2.16. The number of rotatable bonds is 2. The first-order valence-electron chi connectivity index (χ1n) is 6.56. The van der Waals surface area contributed by atoms with Crippen LogP contribution in [0.2, 0.25) is 0 Å². The Bertz CT molecular complexity index is 242. The number of hydrogen-bond acceptors (Lipinski definition) is 3. The number of fused-ring (bicyclic) bond motifs is 2. The van der Waals surface area contributed by atoms with Gasteiger partial charge in [0.05, 0.1) is 18.8 Å². The molecule has 0 aromatic heterocycles. The molecule has 16 heavy (non-hydrogen) atoms. The first-order chi connectivity index (χ1) is 7.50. The molecule has 5 atom stereocenters. The van der Waals surface area contributed by atoms with Gasteiger partial charge >= 0.3 is 0 Å². The molecule has 2 rings (SSSR count). The first-order valence-corrected chi connectivity index (χ1v) is 6.56. The van der Waals surface area contributed by atoms with Crippen molar-refractivity contribution in [3.8, 4) is 0 Å². The van der Waals surface area contributed by atoms with Crippen molar-refractivity contribution in [3.63, 3.8) is 0 Å². The summed E-state index contributed by atoms with van der Waals surface area (Å²) in [5.41, 5.74) is 0. The largest absolute Gasteiger partial charge is 0.389 e. The summed E-state index contributed by atoms with van der Waals surface area (Å²) in [5.74, 6) is 1.79. The summed E-state index contributed by atoms with van der Waals surface area (Å²) in [6, 6.07) is 0.708. The minimum atomic E-state index is -0.328. The maximum absolute atomic E-state index is 9.86. The molecule has 0 aromatic carbocycles. The highest BCUT2D eigenvalue weighted by molar-refractivity contribution is 4.99. The van der Waals surface area contributed by atoms with Crippen molar-refractivity contribution in [3.05, 3.63) is 0 Å². The van der Waals surface area contributed by atoms with Crippen molar-refractivity contribution < 1.29 is 9.84 Å². The zero-order valence-electron chi connectivity index (χ0n) is 10.8. The molecule has 2 fully saturated rings. The van der Waals surface area contributed by atoms with Gasteiger partial charge in [-0.3, -0.25) is 0 Å². The predicted octanol–water partition coefficient (Wildman–Crippen LogP) is 1.40. The van der Waals surface area contributed by atoms with Crippen molar-refractivity contribution in [2.45, 2.75) is 58.4 Å². The summed E-state index contributed by atoms with van der Waals surface area (Å²) >= 11 is 0. The van der Waals surface area contributed by atoms with Crippen LogP contribution in [0.4, 0.5) is 0 Å². The number of nitrogens with one attached hydrogen (secondary N) is 1. The van der Waals surface area contributed by atoms with Gasteiger partial charge in [-0.05, 0) is 18.3 Å². The SMILES string of the molecule is CC(C)C1N[C@@H]2C[C@H](OC[C@H]2O)C1C(C)C. The van der Waals surface area contributed by atoms with Crippen molar-refractivity contribution in [2.75, 3.05) is 6.61 Å². The zero-order chi connectivity index (χ0) is 11.9. The lowest BCUT2D eigenvalue weighted by Gasteiger charge is -2.50. The fraction of sp³-hybridized carbons (Fsp3) is 1.00. The van der Waals surface area contributed by atoms with Gasteiger partial charge in [0.15, 0.2) is 0 Å². The number of ether oxygens (including phenoxy) is 1. The maximum Gasteiger partial charge on any atom is 0.0927 e. The number of piperidine rings is 1. The summed E-state index contributed by atoms with van der Waals surface area (Å²) in [6.45, 7) is 9.55. The lowest BCUT2D eigenvalue weighted by molar-refractivity contribution is -0.139. The van der Waals surface area contributed by atoms with Crippen LogP contribution in [-0.2, 0) is 4.74 Å². The summed E-state index contributed by atoms with van der Waals surface area (Å²) in [7, 11) is 0. The van der Waals surface area contributed by atoms with Gasteiger partial charge in [-0.25, -0.2) is 0 Å². The fourth-order valence-electron chi connectivity index (χ4n) is 3.33. The Morgan fingerprint density at radius 2 is 1.88 bits per heavy atom. The number of aliphatic hydroxyl groups excluding tert-OH is 1. The van der Waals surface area contributed by atoms with Gasteiger partial charge in [-0.15, -0.1) is 0 Å². The molecule has 0 radical (unpaired) electrons. The Hall–Kier alpha value is -0.120. The molecule has 0 spiro atoms. The lowest BCUT2D eigenvalue weighted by atomic mass is 9.72. The maximum atomic E-state index is 9.86. The van der Waals surface area contributed by atoms with Gasteiger partial charge in [0.25, 0.3) is 0 Å². The van der Waals surface area contributed by atoms with Crippen LogP contribution in [0.1, 0.15) is 34.1 Å². The smallest absolute Gasteiger partial charge is 0.0927 e. The van der Waals surface area contributed by atoms with E-state index in [0.717, 1.165) is 6.42 Å². The molecule has 2 bridgehead atoms. The molecule has 2 saturated heterocycles. The molecule has 0 aromatic rings. The van der Waals surface area contributed by atoms with Gasteiger partial charge in [-0.2, -0.15) is 0 Å². The van der Waals surface area contributed by atoms with Crippen LogP contribution in [-0.4, -0.2) is 36.0 Å². The average Bonchev–Trinajstić information content (AvgIpc) is 2.22. The highest BCUT2D eigenvalue weighted by atomic mass is 16.5. The Morgan fingerprint density at radius 1 is 1.19 bits per heavy atom. The minimum Gasteiger partial charge on any atom is -0.389 e. The summed E-state index contributed by atoms with van der Waals surface area (Å²) in [4.78, 5) is 0. The van der Waals surface area contributed by atoms with E-state index in [2.05, 4.69) is 33.0 Å². The lowest BCUT2D eigenvalue weighted by Crippen LogP contribution is -2.64. The van der Waals surface area contributed by atoms with E-state index < -0.39 is 0 Å². The topological polar surface area (TPSA) is 41.5 Å². The van der Waals surface area contributed by atoms with E-state index in [0.29, 0.717) is 36.5 Å². The second-order valence-electron chi connectivity index (χ2n) is 6.04. The quantitative estimate of drug-likeness (QED) is 0.749. The molecule has 3 heteroatoms. The van der Waals surface area contributed by atoms with Crippen LogP contribution in [0.3, 0.4) is 0 Å². The van der Waals surface area contributed by atoms with Crippen molar-refractivity contribution in [1.82, 2.24) is 5.32 Å². The molecular weight excluding hydrogens is 202 g/mol. The molecule has 0 aliphatic carbocycles. The number of aliphatic hydroxyl groups is 1. The van der Waals surface area contributed by atoms with Crippen LogP contribution >= 0.6 is 0 Å². The highest BCUT2D eigenvalue weighted by Crippen LogP contribution is 2.36. The number of hydrogen-bond donors (Lipinski definition) is 2. The molecule has 2 N–H and O–H groups in total. The first kappa shape index (κ1) is 12.3. The monoisotopic (exact) mass is 227 g/mol. The molecule has 2 unspecified atom stereocenters. The van der Waals surface area contributed by atoms with Crippen molar-refractivity contribution >= 4 is 0 Å². The second kappa shape index (κ2) is 4.63. The van der Waals surface area contributed by atoms with Crippen LogP contribution in [0.5, 0.6) is 0 Å². The van der Waals surface area contributed by atoms with Crippen molar-refractivity contribution in [2.24, 2.45) is 17.8 Å². The van der Waals surface area contributed by atoms with Gasteiger partial charge in [0.1, 0.15) is 0 Å². The third-order valence-electron chi connectivity index (χ3n) is 4.17. The molecule has 94 valence electrons. The van der Waals surface area contributed by atoms with E-state index in [1.54, 1.807) is 0 Å². The molecule has 2 aliphatic heterocycles. The van der Waals surface area contributed by atoms with E-state index in [1.807, 2.05) is 0 Å². The highest BCUT2D eigenvalue weighted by Gasteiger charge is 2.45. The molecule has 0 amide bonds. The minimum absolute atomic E-state index is 0.237. The summed E-state index contributed by atoms with van der Waals surface area (Å²) < 4.78 is 5.83. The predicted molar refractivity (Wildman–Crippen MR) is 64.2 cm³/mol. The van der Waals surface area contributed by atoms with Crippen LogP contribution in [0.25, 0.3) is 0 Å². The summed E-state index contributed by atoms with van der Waals surface area (Å²) in [6.07, 6.45) is 0.973. The normalized spacial score (nSPS) is 44.1. The van der Waals surface area contributed by atoms with Crippen LogP contribution in [0.15, 0.2) is 0 Å². The van der Waals surface area contributed by atoms with E-state index in [9.17, 15) is 5.11 Å². The van der Waals surface area contributed by atoms with Gasteiger partial charge < -0.3 is 15.2 Å². The van der Waals surface area contributed by atoms with Crippen molar-refractivity contribution in [1.29, 1.82) is 0 Å².